The van der Waals surface area contributed by atoms with E-state index in [1.807, 2.05) is 29.8 Å². The van der Waals surface area contributed by atoms with Gasteiger partial charge in [-0.3, -0.25) is 14.3 Å². The molecule has 0 unspecified atom stereocenters. The lowest BCUT2D eigenvalue weighted by molar-refractivity contribution is -0.127. The molecule has 0 radical (unpaired) electrons. The van der Waals surface area contributed by atoms with Crippen LogP contribution in [-0.4, -0.2) is 69.6 Å². The van der Waals surface area contributed by atoms with Crippen molar-refractivity contribution in [1.82, 2.24) is 24.5 Å². The highest BCUT2D eigenvalue weighted by Gasteiger charge is 2.37. The second-order valence-electron chi connectivity index (χ2n) is 8.31. The fraction of sp³-hybridized carbons (Fsp3) is 0.360. The number of benzene rings is 1. The van der Waals surface area contributed by atoms with E-state index in [0.29, 0.717) is 25.4 Å². The molecule has 2 atom stereocenters. The molecule has 10 heteroatoms. The number of methoxy groups -OCH3 is 1. The number of anilines is 1. The number of nitrogens with zero attached hydrogens (tertiary/aromatic N) is 5. The van der Waals surface area contributed by atoms with Crippen molar-refractivity contribution >= 4 is 28.5 Å². The standard InChI is InChI=1S/C25H29N7O3/c1-5-22(33)30-14-18(12-19(30)15-35-4)32-25(27-3)23(24(26)34)20(29-32)9-7-16-8-10-21-17(11-16)13-28-31(21)6-2/h5,8,10-11,13,18-19,27H,1,6,12,14-15H2,2-4H3,(H2,26,34)/t18-,19+/m0/s1. The number of amides is 2. The quantitative estimate of drug-likeness (QED) is 0.397. The first-order valence-electron chi connectivity index (χ1n) is 11.4. The lowest BCUT2D eigenvalue weighted by Gasteiger charge is -2.22. The molecule has 3 aromatic rings. The predicted molar refractivity (Wildman–Crippen MR) is 133 cm³/mol. The molecule has 0 spiro atoms. The van der Waals surface area contributed by atoms with Crippen molar-refractivity contribution < 1.29 is 14.3 Å². The zero-order valence-electron chi connectivity index (χ0n) is 20.1. The maximum atomic E-state index is 12.4. The number of nitrogens with two attached hydrogens (primary N) is 1. The van der Waals surface area contributed by atoms with Crippen molar-refractivity contribution in [2.45, 2.75) is 32.0 Å². The van der Waals surface area contributed by atoms with Crippen molar-refractivity contribution in [3.05, 3.63) is 53.9 Å². The third kappa shape index (κ3) is 4.50. The van der Waals surface area contributed by atoms with E-state index in [1.54, 1.807) is 29.9 Å². The van der Waals surface area contributed by atoms with E-state index in [-0.39, 0.29) is 29.2 Å². The number of likely N-dealkylation sites (tertiary alicyclic amines) is 1. The predicted octanol–water partition coefficient (Wildman–Crippen LogP) is 1.77. The number of aromatic nitrogens is 4. The van der Waals surface area contributed by atoms with Crippen molar-refractivity contribution in [2.75, 3.05) is 32.6 Å². The molecular formula is C25H29N7O3. The molecule has 10 nitrogen and oxygen atoms in total. The molecule has 0 aliphatic carbocycles. The minimum Gasteiger partial charge on any atom is -0.383 e. The first kappa shape index (κ1) is 24.0. The molecule has 0 saturated carbocycles. The van der Waals surface area contributed by atoms with Crippen molar-refractivity contribution in [3.63, 3.8) is 0 Å². The Bertz CT molecular complexity index is 1340. The van der Waals surface area contributed by atoms with E-state index < -0.39 is 5.91 Å². The van der Waals surface area contributed by atoms with Gasteiger partial charge in [0.2, 0.25) is 5.91 Å². The van der Waals surface area contributed by atoms with Gasteiger partial charge in [-0.25, -0.2) is 4.68 Å². The van der Waals surface area contributed by atoms with Crippen molar-refractivity contribution in [1.29, 1.82) is 0 Å². The number of hydrogen-bond donors (Lipinski definition) is 2. The monoisotopic (exact) mass is 475 g/mol. The van der Waals surface area contributed by atoms with Crippen LogP contribution in [-0.2, 0) is 16.1 Å². The number of nitrogens with one attached hydrogen (secondary N) is 1. The van der Waals surface area contributed by atoms with Crippen LogP contribution in [0.4, 0.5) is 5.82 Å². The van der Waals surface area contributed by atoms with Gasteiger partial charge in [-0.1, -0.05) is 12.5 Å². The molecule has 0 bridgehead atoms. The minimum absolute atomic E-state index is 0.133. The van der Waals surface area contributed by atoms with Gasteiger partial charge in [0.1, 0.15) is 11.4 Å². The summed E-state index contributed by atoms with van der Waals surface area (Å²) in [4.78, 5) is 26.5. The number of primary amides is 1. The molecule has 182 valence electrons. The summed E-state index contributed by atoms with van der Waals surface area (Å²) in [5.41, 5.74) is 8.03. The maximum Gasteiger partial charge on any atom is 0.255 e. The van der Waals surface area contributed by atoms with Crippen LogP contribution in [0.1, 0.15) is 41.0 Å². The minimum atomic E-state index is -0.630. The zero-order valence-corrected chi connectivity index (χ0v) is 20.1. The molecule has 1 saturated heterocycles. The van der Waals surface area contributed by atoms with Crippen LogP contribution < -0.4 is 11.1 Å². The fourth-order valence-corrected chi connectivity index (χ4v) is 4.61. The average molecular weight is 476 g/mol. The Morgan fingerprint density at radius 2 is 2.17 bits per heavy atom. The topological polar surface area (TPSA) is 120 Å². The van der Waals surface area contributed by atoms with E-state index in [0.717, 1.165) is 23.0 Å². The summed E-state index contributed by atoms with van der Waals surface area (Å²) in [5, 5.41) is 13.0. The Morgan fingerprint density at radius 1 is 1.37 bits per heavy atom. The summed E-state index contributed by atoms with van der Waals surface area (Å²) >= 11 is 0. The average Bonchev–Trinajstić information content (AvgIpc) is 3.56. The number of fused-ring (bicyclic) bond motifs is 1. The number of ether oxygens (including phenoxy) is 1. The Kier molecular flexibility index (Phi) is 6.89. The van der Waals surface area contributed by atoms with Crippen LogP contribution in [0.2, 0.25) is 0 Å². The smallest absolute Gasteiger partial charge is 0.255 e. The van der Waals surface area contributed by atoms with Gasteiger partial charge in [0.25, 0.3) is 5.91 Å². The Labute approximate surface area is 203 Å². The first-order chi connectivity index (χ1) is 16.9. The van der Waals surface area contributed by atoms with Crippen LogP contribution >= 0.6 is 0 Å². The van der Waals surface area contributed by atoms with Gasteiger partial charge in [0.15, 0.2) is 5.69 Å². The Balaban J connectivity index is 1.71. The van der Waals surface area contributed by atoms with E-state index in [2.05, 4.69) is 33.9 Å². The molecule has 35 heavy (non-hydrogen) atoms. The van der Waals surface area contributed by atoms with E-state index in [9.17, 15) is 9.59 Å². The largest absolute Gasteiger partial charge is 0.383 e. The third-order valence-electron chi connectivity index (χ3n) is 6.22. The number of carbonyl (C=O) groups is 2. The van der Waals surface area contributed by atoms with Crippen LogP contribution in [0.5, 0.6) is 0 Å². The molecule has 2 aromatic heterocycles. The van der Waals surface area contributed by atoms with Gasteiger partial charge in [0, 0.05) is 38.2 Å². The summed E-state index contributed by atoms with van der Waals surface area (Å²) in [5.74, 6) is 5.79. The van der Waals surface area contributed by atoms with E-state index >= 15 is 0 Å². The van der Waals surface area contributed by atoms with Crippen LogP contribution in [0.25, 0.3) is 10.9 Å². The van der Waals surface area contributed by atoms with Crippen molar-refractivity contribution in [3.8, 4) is 11.8 Å². The number of aryl methyl sites for hydroxylation is 1. The number of hydrogen-bond acceptors (Lipinski definition) is 6. The molecule has 1 aromatic carbocycles. The molecule has 4 rings (SSSR count). The number of carbonyl (C=O) groups excluding carboxylic acids is 2. The fourth-order valence-electron chi connectivity index (χ4n) is 4.61. The summed E-state index contributed by atoms with van der Waals surface area (Å²) < 4.78 is 8.93. The van der Waals surface area contributed by atoms with E-state index in [4.69, 9.17) is 10.5 Å². The molecular weight excluding hydrogens is 446 g/mol. The summed E-state index contributed by atoms with van der Waals surface area (Å²) in [6.07, 6.45) is 3.70. The molecule has 3 heterocycles. The highest BCUT2D eigenvalue weighted by Crippen LogP contribution is 2.32. The summed E-state index contributed by atoms with van der Waals surface area (Å²) in [6.45, 7) is 7.21. The summed E-state index contributed by atoms with van der Waals surface area (Å²) in [7, 11) is 3.30. The van der Waals surface area contributed by atoms with Gasteiger partial charge in [-0.15, -0.1) is 0 Å². The molecule has 1 aliphatic heterocycles. The zero-order chi connectivity index (χ0) is 25.1. The van der Waals surface area contributed by atoms with Gasteiger partial charge < -0.3 is 20.7 Å². The maximum absolute atomic E-state index is 12.4. The SMILES string of the molecule is C=CC(=O)N1C[C@@H](n2nc(C#Cc3ccc4c(cnn4CC)c3)c(C(N)=O)c2NC)C[C@@H]1COC. The highest BCUT2D eigenvalue weighted by atomic mass is 16.5. The third-order valence-corrected chi connectivity index (χ3v) is 6.22. The van der Waals surface area contributed by atoms with Crippen LogP contribution in [0, 0.1) is 11.8 Å². The van der Waals surface area contributed by atoms with E-state index in [1.165, 1.54) is 6.08 Å². The lowest BCUT2D eigenvalue weighted by Crippen LogP contribution is -2.37. The normalized spacial score (nSPS) is 17.3. The molecule has 2 amide bonds. The molecule has 3 N–H and O–H groups in total. The highest BCUT2D eigenvalue weighted by molar-refractivity contribution is 6.00. The van der Waals surface area contributed by atoms with Gasteiger partial charge >= 0.3 is 0 Å². The summed E-state index contributed by atoms with van der Waals surface area (Å²) in [6, 6.07) is 5.51. The van der Waals surface area contributed by atoms with Gasteiger partial charge in [0.05, 0.1) is 30.4 Å². The lowest BCUT2D eigenvalue weighted by atomic mass is 10.1. The van der Waals surface area contributed by atoms with Crippen LogP contribution in [0.15, 0.2) is 37.1 Å². The van der Waals surface area contributed by atoms with Crippen LogP contribution in [0.3, 0.4) is 0 Å². The second-order valence-corrected chi connectivity index (χ2v) is 8.31. The first-order valence-corrected chi connectivity index (χ1v) is 11.4. The molecule has 1 fully saturated rings. The second kappa shape index (κ2) is 10.0. The Hall–Kier alpha value is -4.10. The molecule has 1 aliphatic rings. The van der Waals surface area contributed by atoms with Gasteiger partial charge in [-0.05, 0) is 43.5 Å². The van der Waals surface area contributed by atoms with Crippen molar-refractivity contribution in [2.24, 2.45) is 5.73 Å². The number of rotatable bonds is 7. The van der Waals surface area contributed by atoms with Gasteiger partial charge in [-0.2, -0.15) is 10.2 Å². The Morgan fingerprint density at radius 3 is 2.83 bits per heavy atom.